The van der Waals surface area contributed by atoms with Gasteiger partial charge in [0.05, 0.1) is 12.6 Å². The molecule has 1 heterocycles. The molecule has 1 N–H and O–H groups in total. The van der Waals surface area contributed by atoms with E-state index in [1.807, 2.05) is 18.2 Å². The lowest BCUT2D eigenvalue weighted by molar-refractivity contribution is 0.419. The molecule has 0 aliphatic carbocycles. The maximum absolute atomic E-state index is 13.2. The number of para-hydroxylation sites is 1. The van der Waals surface area contributed by atoms with E-state index >= 15 is 0 Å². The summed E-state index contributed by atoms with van der Waals surface area (Å²) in [7, 11) is 1.63. The predicted octanol–water partition coefficient (Wildman–Crippen LogP) is 3.47. The Balaban J connectivity index is 2.50. The minimum atomic E-state index is -0.226. The number of rotatable bonds is 1. The molecule has 2 nitrogen and oxygen atoms in total. The summed E-state index contributed by atoms with van der Waals surface area (Å²) in [5.74, 6) is 0.547. The van der Waals surface area contributed by atoms with Gasteiger partial charge in [-0.1, -0.05) is 12.1 Å². The van der Waals surface area contributed by atoms with Crippen molar-refractivity contribution < 1.29 is 9.13 Å². The molecule has 0 saturated heterocycles. The summed E-state index contributed by atoms with van der Waals surface area (Å²) in [5, 5.41) is 1.86. The predicted molar refractivity (Wildman–Crippen MR) is 62.3 cm³/mol. The summed E-state index contributed by atoms with van der Waals surface area (Å²) in [4.78, 5) is 3.23. The molecule has 3 heteroatoms. The van der Waals surface area contributed by atoms with Crippen molar-refractivity contribution in [2.24, 2.45) is 0 Å². The monoisotopic (exact) mass is 215 g/mol. The SMILES string of the molecule is COc1cccc2c1[nH]c1ccc(F)cc12. The third-order valence-corrected chi connectivity index (χ3v) is 2.78. The second-order valence-electron chi connectivity index (χ2n) is 3.70. The van der Waals surface area contributed by atoms with Crippen LogP contribution in [0.2, 0.25) is 0 Å². The second kappa shape index (κ2) is 3.23. The first kappa shape index (κ1) is 9.21. The number of benzene rings is 2. The zero-order valence-corrected chi connectivity index (χ0v) is 8.75. The van der Waals surface area contributed by atoms with E-state index in [1.165, 1.54) is 12.1 Å². The quantitative estimate of drug-likeness (QED) is 0.660. The van der Waals surface area contributed by atoms with Gasteiger partial charge in [0.2, 0.25) is 0 Å². The number of halogens is 1. The molecule has 0 amide bonds. The van der Waals surface area contributed by atoms with Crippen molar-refractivity contribution >= 4 is 21.8 Å². The van der Waals surface area contributed by atoms with Crippen LogP contribution in [0.25, 0.3) is 21.8 Å². The third kappa shape index (κ3) is 1.18. The highest BCUT2D eigenvalue weighted by Gasteiger charge is 2.08. The van der Waals surface area contributed by atoms with Gasteiger partial charge in [0.15, 0.2) is 0 Å². The summed E-state index contributed by atoms with van der Waals surface area (Å²) < 4.78 is 18.4. The molecular formula is C13H10FNO. The van der Waals surface area contributed by atoms with E-state index in [4.69, 9.17) is 4.74 Å². The van der Waals surface area contributed by atoms with E-state index < -0.39 is 0 Å². The molecule has 0 spiro atoms. The lowest BCUT2D eigenvalue weighted by Gasteiger charge is -1.99. The van der Waals surface area contributed by atoms with Gasteiger partial charge in [-0.05, 0) is 24.3 Å². The number of aromatic amines is 1. The Morgan fingerprint density at radius 2 is 2.00 bits per heavy atom. The number of H-pyrrole nitrogens is 1. The molecule has 0 radical (unpaired) electrons. The van der Waals surface area contributed by atoms with Crippen LogP contribution in [0, 0.1) is 5.82 Å². The van der Waals surface area contributed by atoms with Gasteiger partial charge in [-0.25, -0.2) is 4.39 Å². The average molecular weight is 215 g/mol. The highest BCUT2D eigenvalue weighted by molar-refractivity contribution is 6.09. The summed E-state index contributed by atoms with van der Waals surface area (Å²) in [6, 6.07) is 10.5. The van der Waals surface area contributed by atoms with Gasteiger partial charge in [-0.2, -0.15) is 0 Å². The first-order chi connectivity index (χ1) is 7.79. The number of hydrogen-bond acceptors (Lipinski definition) is 1. The van der Waals surface area contributed by atoms with Gasteiger partial charge in [-0.3, -0.25) is 0 Å². The molecule has 0 atom stereocenters. The number of hydrogen-bond donors (Lipinski definition) is 1. The Bertz CT molecular complexity index is 672. The van der Waals surface area contributed by atoms with Crippen LogP contribution >= 0.6 is 0 Å². The molecule has 3 aromatic rings. The lowest BCUT2D eigenvalue weighted by Crippen LogP contribution is -1.82. The first-order valence-corrected chi connectivity index (χ1v) is 5.03. The van der Waals surface area contributed by atoms with Crippen LogP contribution in [0.5, 0.6) is 5.75 Å². The molecule has 0 bridgehead atoms. The van der Waals surface area contributed by atoms with Crippen LogP contribution in [0.15, 0.2) is 36.4 Å². The number of aromatic nitrogens is 1. The molecule has 0 aliphatic heterocycles. The van der Waals surface area contributed by atoms with Crippen LogP contribution < -0.4 is 4.74 Å². The normalized spacial score (nSPS) is 11.1. The fourth-order valence-corrected chi connectivity index (χ4v) is 2.04. The highest BCUT2D eigenvalue weighted by Crippen LogP contribution is 2.31. The molecule has 80 valence electrons. The number of ether oxygens (including phenoxy) is 1. The fourth-order valence-electron chi connectivity index (χ4n) is 2.04. The van der Waals surface area contributed by atoms with Gasteiger partial charge in [0.25, 0.3) is 0 Å². The van der Waals surface area contributed by atoms with Crippen LogP contribution in [-0.4, -0.2) is 12.1 Å². The van der Waals surface area contributed by atoms with Crippen LogP contribution in [0.1, 0.15) is 0 Å². The molecular weight excluding hydrogens is 205 g/mol. The van der Waals surface area contributed by atoms with Crippen molar-refractivity contribution in [2.75, 3.05) is 7.11 Å². The maximum Gasteiger partial charge on any atom is 0.142 e. The minimum absolute atomic E-state index is 0.226. The summed E-state index contributed by atoms with van der Waals surface area (Å²) in [6.45, 7) is 0. The summed E-state index contributed by atoms with van der Waals surface area (Å²) in [5.41, 5.74) is 1.83. The van der Waals surface area contributed by atoms with E-state index in [9.17, 15) is 4.39 Å². The van der Waals surface area contributed by atoms with Crippen LogP contribution in [-0.2, 0) is 0 Å². The zero-order valence-electron chi connectivity index (χ0n) is 8.75. The zero-order chi connectivity index (χ0) is 11.1. The van der Waals surface area contributed by atoms with Crippen molar-refractivity contribution in [1.82, 2.24) is 4.98 Å². The van der Waals surface area contributed by atoms with Crippen LogP contribution in [0.3, 0.4) is 0 Å². The van der Waals surface area contributed by atoms with E-state index in [-0.39, 0.29) is 5.82 Å². The molecule has 3 rings (SSSR count). The smallest absolute Gasteiger partial charge is 0.142 e. The second-order valence-corrected chi connectivity index (χ2v) is 3.70. The standard InChI is InChI=1S/C13H10FNO/c1-16-12-4-2-3-9-10-7-8(14)5-6-11(10)15-13(9)12/h2-7,15H,1H3. The van der Waals surface area contributed by atoms with Gasteiger partial charge in [0, 0.05) is 16.3 Å². The first-order valence-electron chi connectivity index (χ1n) is 5.03. The van der Waals surface area contributed by atoms with Gasteiger partial charge >= 0.3 is 0 Å². The number of fused-ring (bicyclic) bond motifs is 3. The van der Waals surface area contributed by atoms with Crippen molar-refractivity contribution in [3.8, 4) is 5.75 Å². The topological polar surface area (TPSA) is 25.0 Å². The molecule has 0 aliphatic rings. The molecule has 0 saturated carbocycles. The van der Waals surface area contributed by atoms with E-state index in [2.05, 4.69) is 4.98 Å². The Labute approximate surface area is 91.6 Å². The Morgan fingerprint density at radius 3 is 2.81 bits per heavy atom. The fraction of sp³-hybridized carbons (Fsp3) is 0.0769. The maximum atomic E-state index is 13.2. The Hall–Kier alpha value is -2.03. The van der Waals surface area contributed by atoms with E-state index in [0.717, 1.165) is 27.6 Å². The molecule has 0 fully saturated rings. The largest absolute Gasteiger partial charge is 0.495 e. The lowest BCUT2D eigenvalue weighted by atomic mass is 10.1. The van der Waals surface area contributed by atoms with Crippen molar-refractivity contribution in [2.45, 2.75) is 0 Å². The molecule has 0 unspecified atom stereocenters. The number of methoxy groups -OCH3 is 1. The highest BCUT2D eigenvalue weighted by atomic mass is 19.1. The third-order valence-electron chi connectivity index (χ3n) is 2.78. The van der Waals surface area contributed by atoms with Gasteiger partial charge in [0.1, 0.15) is 11.6 Å². The van der Waals surface area contributed by atoms with Crippen molar-refractivity contribution in [3.63, 3.8) is 0 Å². The van der Waals surface area contributed by atoms with Crippen molar-refractivity contribution in [3.05, 3.63) is 42.2 Å². The Morgan fingerprint density at radius 1 is 1.12 bits per heavy atom. The minimum Gasteiger partial charge on any atom is -0.495 e. The number of nitrogens with one attached hydrogen (secondary N) is 1. The average Bonchev–Trinajstić information content (AvgIpc) is 2.67. The molecule has 16 heavy (non-hydrogen) atoms. The van der Waals surface area contributed by atoms with Gasteiger partial charge < -0.3 is 9.72 Å². The molecule has 1 aromatic heterocycles. The van der Waals surface area contributed by atoms with E-state index in [0.29, 0.717) is 0 Å². The summed E-state index contributed by atoms with van der Waals surface area (Å²) >= 11 is 0. The molecule has 2 aromatic carbocycles. The summed E-state index contributed by atoms with van der Waals surface area (Å²) in [6.07, 6.45) is 0. The van der Waals surface area contributed by atoms with Crippen LogP contribution in [0.4, 0.5) is 4.39 Å². The van der Waals surface area contributed by atoms with Gasteiger partial charge in [-0.15, -0.1) is 0 Å². The van der Waals surface area contributed by atoms with E-state index in [1.54, 1.807) is 13.2 Å². The Kier molecular flexibility index (Phi) is 1.86. The van der Waals surface area contributed by atoms with Crippen molar-refractivity contribution in [1.29, 1.82) is 0 Å².